The number of sulfonamides is 1. The highest BCUT2D eigenvalue weighted by Crippen LogP contribution is 2.15. The van der Waals surface area contributed by atoms with E-state index in [1.807, 2.05) is 4.72 Å². The van der Waals surface area contributed by atoms with Crippen molar-refractivity contribution >= 4 is 21.9 Å². The van der Waals surface area contributed by atoms with Gasteiger partial charge >= 0.3 is 5.97 Å². The molecular weight excluding hydrogens is 348 g/mol. The molecular formula is C16H18N2O6S. The summed E-state index contributed by atoms with van der Waals surface area (Å²) < 4.78 is 31.3. The largest absolute Gasteiger partial charge is 0.499 e. The molecule has 25 heavy (non-hydrogen) atoms. The number of carbonyl (C=O) groups excluding carboxylic acids is 1. The Balaban J connectivity index is 2.13. The molecule has 0 saturated carbocycles. The maximum absolute atomic E-state index is 12.3. The second-order valence-corrected chi connectivity index (χ2v) is 7.10. The Morgan fingerprint density at radius 2 is 1.96 bits per heavy atom. The monoisotopic (exact) mass is 366 g/mol. The number of aliphatic carboxylic acids is 1. The summed E-state index contributed by atoms with van der Waals surface area (Å²) in [6.07, 6.45) is 2.68. The van der Waals surface area contributed by atoms with Crippen LogP contribution in [-0.4, -0.2) is 50.5 Å². The summed E-state index contributed by atoms with van der Waals surface area (Å²) in [6, 6.07) is 8.44. The number of amides is 1. The fourth-order valence-corrected chi connectivity index (χ4v) is 3.36. The number of carboxylic acids is 1. The van der Waals surface area contributed by atoms with E-state index in [0.717, 1.165) is 0 Å². The number of methoxy groups -OCH3 is 1. The van der Waals surface area contributed by atoms with Crippen molar-refractivity contribution in [2.24, 2.45) is 0 Å². The molecule has 0 unspecified atom stereocenters. The molecule has 0 saturated heterocycles. The first-order valence-corrected chi connectivity index (χ1v) is 8.95. The third-order valence-corrected chi connectivity index (χ3v) is 4.52. The van der Waals surface area contributed by atoms with Gasteiger partial charge in [0, 0.05) is 6.20 Å². The molecule has 134 valence electrons. The molecule has 2 N–H and O–H groups in total. The van der Waals surface area contributed by atoms with E-state index in [2.05, 4.69) is 0 Å². The maximum Gasteiger partial charge on any atom is 0.323 e. The fourth-order valence-electron chi connectivity index (χ4n) is 2.25. The van der Waals surface area contributed by atoms with Crippen LogP contribution >= 0.6 is 0 Å². The van der Waals surface area contributed by atoms with Gasteiger partial charge in [0.15, 0.2) is 0 Å². The molecule has 0 fully saturated rings. The summed E-state index contributed by atoms with van der Waals surface area (Å²) in [5, 5.41) is 8.87. The molecule has 1 amide bonds. The Hall–Kier alpha value is -2.81. The molecule has 0 aliphatic carbocycles. The van der Waals surface area contributed by atoms with Crippen molar-refractivity contribution in [2.45, 2.75) is 5.75 Å². The number of benzene rings is 1. The average molecular weight is 366 g/mol. The Morgan fingerprint density at radius 1 is 1.28 bits per heavy atom. The Bertz CT molecular complexity index is 814. The molecule has 0 aromatic heterocycles. The zero-order valence-electron chi connectivity index (χ0n) is 13.5. The van der Waals surface area contributed by atoms with Crippen molar-refractivity contribution in [3.05, 3.63) is 59.5 Å². The molecule has 1 aromatic rings. The van der Waals surface area contributed by atoms with Crippen LogP contribution in [0.1, 0.15) is 5.56 Å². The number of hydrogen-bond donors (Lipinski definition) is 2. The van der Waals surface area contributed by atoms with Gasteiger partial charge in [-0.2, -0.15) is 0 Å². The normalized spacial score (nSPS) is 14.4. The first-order chi connectivity index (χ1) is 11.8. The number of ether oxygens (including phenoxy) is 1. The van der Waals surface area contributed by atoms with E-state index in [4.69, 9.17) is 9.84 Å². The van der Waals surface area contributed by atoms with Crippen LogP contribution in [0.25, 0.3) is 0 Å². The Labute approximate surface area is 145 Å². The molecule has 9 heteroatoms. The van der Waals surface area contributed by atoms with Crippen LogP contribution in [0.2, 0.25) is 0 Å². The van der Waals surface area contributed by atoms with Crippen LogP contribution in [-0.2, 0) is 30.1 Å². The smallest absolute Gasteiger partial charge is 0.323 e. The standard InChI is InChI=1S/C16H18N2O6S/c1-24-14-7-13(8-18(9-14)10-15(19)20)16(21)17-25(22,23)11-12-5-3-2-4-6-12/h2-8H,9-11H2,1H3,(H,17,21)(H,19,20). The lowest BCUT2D eigenvalue weighted by atomic mass is 10.2. The van der Waals surface area contributed by atoms with E-state index < -0.39 is 21.9 Å². The van der Waals surface area contributed by atoms with E-state index in [-0.39, 0.29) is 24.4 Å². The zero-order chi connectivity index (χ0) is 18.4. The lowest BCUT2D eigenvalue weighted by Gasteiger charge is -2.24. The van der Waals surface area contributed by atoms with Crippen molar-refractivity contribution in [1.82, 2.24) is 9.62 Å². The fraction of sp³-hybridized carbons (Fsp3) is 0.250. The third kappa shape index (κ3) is 5.64. The number of nitrogens with one attached hydrogen (secondary N) is 1. The summed E-state index contributed by atoms with van der Waals surface area (Å²) >= 11 is 0. The minimum absolute atomic E-state index is 0.000914. The summed E-state index contributed by atoms with van der Waals surface area (Å²) in [4.78, 5) is 24.5. The van der Waals surface area contributed by atoms with Crippen molar-refractivity contribution in [1.29, 1.82) is 0 Å². The zero-order valence-corrected chi connectivity index (χ0v) is 14.3. The van der Waals surface area contributed by atoms with E-state index in [9.17, 15) is 18.0 Å². The predicted octanol–water partition coefficient (Wildman–Crippen LogP) is 0.447. The van der Waals surface area contributed by atoms with Gasteiger partial charge in [0.05, 0.1) is 25.0 Å². The molecule has 0 atom stereocenters. The molecule has 0 bridgehead atoms. The molecule has 8 nitrogen and oxygen atoms in total. The molecule has 1 aromatic carbocycles. The Morgan fingerprint density at radius 3 is 2.56 bits per heavy atom. The van der Waals surface area contributed by atoms with Crippen LogP contribution in [0, 0.1) is 0 Å². The molecule has 0 spiro atoms. The number of carboxylic acid groups (broad SMARTS) is 1. The van der Waals surface area contributed by atoms with Crippen LogP contribution in [0.5, 0.6) is 0 Å². The van der Waals surface area contributed by atoms with Gasteiger partial charge in [0.2, 0.25) is 10.0 Å². The Kier molecular flexibility index (Phi) is 5.81. The van der Waals surface area contributed by atoms with Crippen LogP contribution in [0.3, 0.4) is 0 Å². The minimum Gasteiger partial charge on any atom is -0.499 e. The van der Waals surface area contributed by atoms with Crippen LogP contribution in [0.4, 0.5) is 0 Å². The van der Waals surface area contributed by atoms with Gasteiger partial charge in [0.25, 0.3) is 5.91 Å². The van der Waals surface area contributed by atoms with E-state index >= 15 is 0 Å². The van der Waals surface area contributed by atoms with Crippen molar-refractivity contribution in [3.8, 4) is 0 Å². The van der Waals surface area contributed by atoms with Gasteiger partial charge < -0.3 is 14.7 Å². The van der Waals surface area contributed by atoms with Gasteiger partial charge in [-0.05, 0) is 11.6 Å². The van der Waals surface area contributed by atoms with E-state index in [1.54, 1.807) is 30.3 Å². The first kappa shape index (κ1) is 18.5. The van der Waals surface area contributed by atoms with Crippen molar-refractivity contribution < 1.29 is 27.9 Å². The van der Waals surface area contributed by atoms with Crippen LogP contribution < -0.4 is 4.72 Å². The second kappa shape index (κ2) is 7.84. The summed E-state index contributed by atoms with van der Waals surface area (Å²) in [7, 11) is -2.51. The van der Waals surface area contributed by atoms with Crippen molar-refractivity contribution in [2.75, 3.05) is 20.2 Å². The van der Waals surface area contributed by atoms with Crippen molar-refractivity contribution in [3.63, 3.8) is 0 Å². The summed E-state index contributed by atoms with van der Waals surface area (Å²) in [5.74, 6) is -1.91. The second-order valence-electron chi connectivity index (χ2n) is 5.37. The lowest BCUT2D eigenvalue weighted by molar-refractivity contribution is -0.137. The number of carbonyl (C=O) groups is 2. The average Bonchev–Trinajstić information content (AvgIpc) is 2.53. The van der Waals surface area contributed by atoms with E-state index in [1.165, 1.54) is 24.3 Å². The van der Waals surface area contributed by atoms with Gasteiger partial charge in [-0.3, -0.25) is 9.59 Å². The quantitative estimate of drug-likeness (QED) is 0.720. The predicted molar refractivity (Wildman–Crippen MR) is 89.6 cm³/mol. The SMILES string of the molecule is COC1=CC(C(=O)NS(=O)(=O)Cc2ccccc2)=CN(CC(=O)O)C1. The van der Waals surface area contributed by atoms with Gasteiger partial charge in [0.1, 0.15) is 12.3 Å². The van der Waals surface area contributed by atoms with Gasteiger partial charge in [-0.1, -0.05) is 30.3 Å². The third-order valence-electron chi connectivity index (χ3n) is 3.31. The molecule has 2 rings (SSSR count). The minimum atomic E-state index is -3.89. The highest BCUT2D eigenvalue weighted by Gasteiger charge is 2.22. The number of hydrogen-bond acceptors (Lipinski definition) is 6. The molecule has 1 heterocycles. The molecule has 1 aliphatic rings. The number of rotatable bonds is 7. The van der Waals surface area contributed by atoms with Gasteiger partial charge in [-0.15, -0.1) is 0 Å². The number of nitrogens with zero attached hydrogens (tertiary/aromatic N) is 1. The lowest BCUT2D eigenvalue weighted by Crippen LogP contribution is -2.36. The molecule has 0 radical (unpaired) electrons. The van der Waals surface area contributed by atoms with Gasteiger partial charge in [-0.25, -0.2) is 13.1 Å². The maximum atomic E-state index is 12.3. The highest BCUT2D eigenvalue weighted by molar-refractivity contribution is 7.89. The van der Waals surface area contributed by atoms with E-state index in [0.29, 0.717) is 11.3 Å². The first-order valence-electron chi connectivity index (χ1n) is 7.30. The van der Waals surface area contributed by atoms with Crippen LogP contribution in [0.15, 0.2) is 53.9 Å². The topological polar surface area (TPSA) is 113 Å². The molecule has 1 aliphatic heterocycles. The highest BCUT2D eigenvalue weighted by atomic mass is 32.2. The summed E-state index contributed by atoms with van der Waals surface area (Å²) in [6.45, 7) is -0.162. The summed E-state index contributed by atoms with van der Waals surface area (Å²) in [5.41, 5.74) is 0.544.